The van der Waals surface area contributed by atoms with Gasteiger partial charge in [0, 0.05) is 18.1 Å². The molecule has 0 radical (unpaired) electrons. The third-order valence-corrected chi connectivity index (χ3v) is 3.69. The molecule has 4 nitrogen and oxygen atoms in total. The number of hydrogen-bond acceptors (Lipinski definition) is 3. The second-order valence-corrected chi connectivity index (χ2v) is 5.44. The Morgan fingerprint density at radius 3 is 3.05 bits per heavy atom. The van der Waals surface area contributed by atoms with Crippen molar-refractivity contribution in [2.45, 2.75) is 19.9 Å². The average Bonchev–Trinajstić information content (AvgIpc) is 3.05. The van der Waals surface area contributed by atoms with Gasteiger partial charge in [0.2, 0.25) is 5.78 Å². The second kappa shape index (κ2) is 5.25. The maximum atomic E-state index is 12.4. The molecule has 0 aliphatic heterocycles. The number of carbonyl (C=O) groups excluding carboxylic acids is 1. The number of nitrogens with zero attached hydrogens (tertiary/aromatic N) is 2. The lowest BCUT2D eigenvalue weighted by molar-refractivity contribution is 0.101. The highest BCUT2D eigenvalue weighted by molar-refractivity contribution is 9.10. The van der Waals surface area contributed by atoms with Gasteiger partial charge in [0.25, 0.3) is 0 Å². The summed E-state index contributed by atoms with van der Waals surface area (Å²) in [6.07, 6.45) is 4.32. The summed E-state index contributed by atoms with van der Waals surface area (Å²) in [5.74, 6) is 0.193. The van der Waals surface area contributed by atoms with E-state index in [0.717, 1.165) is 22.8 Å². The van der Waals surface area contributed by atoms with E-state index in [1.54, 1.807) is 23.1 Å². The van der Waals surface area contributed by atoms with E-state index >= 15 is 0 Å². The summed E-state index contributed by atoms with van der Waals surface area (Å²) in [4.78, 5) is 12.4. The molecule has 0 N–H and O–H groups in total. The van der Waals surface area contributed by atoms with Crippen LogP contribution >= 0.6 is 15.9 Å². The van der Waals surface area contributed by atoms with E-state index in [1.807, 2.05) is 18.2 Å². The first-order valence-electron chi connectivity index (χ1n) is 6.44. The fourth-order valence-electron chi connectivity index (χ4n) is 2.11. The van der Waals surface area contributed by atoms with E-state index < -0.39 is 0 Å². The molecule has 0 saturated carbocycles. The number of hydrogen-bond donors (Lipinski definition) is 0. The van der Waals surface area contributed by atoms with E-state index in [2.05, 4.69) is 28.0 Å². The minimum Gasteiger partial charge on any atom is -0.451 e. The number of aromatic nitrogens is 2. The molecule has 0 amide bonds. The van der Waals surface area contributed by atoms with Crippen molar-refractivity contribution in [3.8, 4) is 0 Å². The van der Waals surface area contributed by atoms with Crippen LogP contribution in [0.1, 0.15) is 29.5 Å². The summed E-state index contributed by atoms with van der Waals surface area (Å²) in [5, 5.41) is 5.08. The van der Waals surface area contributed by atoms with Gasteiger partial charge in [-0.25, -0.2) is 0 Å². The number of aryl methyl sites for hydroxylation is 1. The standard InChI is InChI=1S/C15H13BrN2O2/c1-2-6-18-9-11(8-17-18)14(19)13-7-10-4-3-5-12(16)15(10)20-13/h3-5,7-9H,2,6H2,1H3. The molecular formula is C15H13BrN2O2. The van der Waals surface area contributed by atoms with Crippen LogP contribution in [-0.4, -0.2) is 15.6 Å². The van der Waals surface area contributed by atoms with Crippen LogP contribution in [0.3, 0.4) is 0 Å². The number of furan rings is 1. The zero-order valence-electron chi connectivity index (χ0n) is 11.0. The van der Waals surface area contributed by atoms with Crippen molar-refractivity contribution in [1.82, 2.24) is 9.78 Å². The number of carbonyl (C=O) groups is 1. The molecule has 0 bridgehead atoms. The van der Waals surface area contributed by atoms with Crippen molar-refractivity contribution in [1.29, 1.82) is 0 Å². The van der Waals surface area contributed by atoms with Crippen LogP contribution in [0.2, 0.25) is 0 Å². The van der Waals surface area contributed by atoms with Crippen LogP contribution in [0.15, 0.2) is 45.5 Å². The van der Waals surface area contributed by atoms with Crippen molar-refractivity contribution >= 4 is 32.7 Å². The molecule has 0 aliphatic rings. The van der Waals surface area contributed by atoms with Crippen LogP contribution in [0.4, 0.5) is 0 Å². The van der Waals surface area contributed by atoms with Gasteiger partial charge in [0.15, 0.2) is 5.76 Å². The monoisotopic (exact) mass is 332 g/mol. The van der Waals surface area contributed by atoms with E-state index in [1.165, 1.54) is 0 Å². The third-order valence-electron chi connectivity index (χ3n) is 3.07. The lowest BCUT2D eigenvalue weighted by Crippen LogP contribution is -1.99. The zero-order valence-corrected chi connectivity index (χ0v) is 12.6. The lowest BCUT2D eigenvalue weighted by atomic mass is 10.2. The Labute approximate surface area is 124 Å². The highest BCUT2D eigenvalue weighted by Gasteiger charge is 2.17. The SMILES string of the molecule is CCCn1cc(C(=O)c2cc3cccc(Br)c3o2)cn1. The van der Waals surface area contributed by atoms with Crippen molar-refractivity contribution < 1.29 is 9.21 Å². The molecule has 102 valence electrons. The molecule has 3 aromatic rings. The van der Waals surface area contributed by atoms with Gasteiger partial charge in [-0.2, -0.15) is 5.10 Å². The van der Waals surface area contributed by atoms with E-state index in [-0.39, 0.29) is 5.78 Å². The molecule has 0 fully saturated rings. The van der Waals surface area contributed by atoms with Gasteiger partial charge in [-0.1, -0.05) is 19.1 Å². The van der Waals surface area contributed by atoms with Crippen molar-refractivity contribution in [3.05, 3.63) is 52.5 Å². The van der Waals surface area contributed by atoms with E-state index in [9.17, 15) is 4.79 Å². The molecule has 20 heavy (non-hydrogen) atoms. The summed E-state index contributed by atoms with van der Waals surface area (Å²) >= 11 is 3.42. The Balaban J connectivity index is 1.97. The molecule has 2 aromatic heterocycles. The van der Waals surface area contributed by atoms with Crippen molar-refractivity contribution in [3.63, 3.8) is 0 Å². The Morgan fingerprint density at radius 1 is 1.45 bits per heavy atom. The molecule has 0 unspecified atom stereocenters. The van der Waals surface area contributed by atoms with E-state index in [4.69, 9.17) is 4.42 Å². The fraction of sp³-hybridized carbons (Fsp3) is 0.200. The van der Waals surface area contributed by atoms with Gasteiger partial charge >= 0.3 is 0 Å². The Hall–Kier alpha value is -1.88. The predicted molar refractivity (Wildman–Crippen MR) is 79.9 cm³/mol. The maximum absolute atomic E-state index is 12.4. The van der Waals surface area contributed by atoms with Crippen LogP contribution in [0.25, 0.3) is 11.0 Å². The highest BCUT2D eigenvalue weighted by Crippen LogP contribution is 2.27. The van der Waals surface area contributed by atoms with Gasteiger partial charge in [-0.15, -0.1) is 0 Å². The largest absolute Gasteiger partial charge is 0.451 e. The van der Waals surface area contributed by atoms with Crippen molar-refractivity contribution in [2.75, 3.05) is 0 Å². The minimum absolute atomic E-state index is 0.143. The van der Waals surface area contributed by atoms with Crippen LogP contribution in [0, 0.1) is 0 Å². The molecule has 0 spiro atoms. The summed E-state index contributed by atoms with van der Waals surface area (Å²) in [5.41, 5.74) is 1.24. The molecule has 0 aliphatic carbocycles. The van der Waals surface area contributed by atoms with Gasteiger partial charge < -0.3 is 4.42 Å². The number of halogens is 1. The first-order valence-corrected chi connectivity index (χ1v) is 7.23. The first kappa shape index (κ1) is 13.1. The lowest BCUT2D eigenvalue weighted by Gasteiger charge is -1.95. The summed E-state index contributed by atoms with van der Waals surface area (Å²) < 4.78 is 8.26. The molecule has 0 saturated heterocycles. The highest BCUT2D eigenvalue weighted by atomic mass is 79.9. The smallest absolute Gasteiger partial charge is 0.231 e. The first-order chi connectivity index (χ1) is 9.69. The molecule has 2 heterocycles. The Bertz CT molecular complexity index is 773. The average molecular weight is 333 g/mol. The normalized spacial score (nSPS) is 11.1. The van der Waals surface area contributed by atoms with E-state index in [0.29, 0.717) is 16.9 Å². The van der Waals surface area contributed by atoms with Gasteiger partial charge in [0.05, 0.1) is 16.2 Å². The van der Waals surface area contributed by atoms with Crippen LogP contribution in [0.5, 0.6) is 0 Å². The third kappa shape index (κ3) is 2.29. The summed E-state index contributed by atoms with van der Waals surface area (Å²) in [6.45, 7) is 2.87. The number of para-hydroxylation sites is 1. The van der Waals surface area contributed by atoms with Crippen LogP contribution in [-0.2, 0) is 6.54 Å². The molecule has 0 atom stereocenters. The Kier molecular flexibility index (Phi) is 3.44. The molecule has 1 aromatic carbocycles. The number of fused-ring (bicyclic) bond motifs is 1. The predicted octanol–water partition coefficient (Wildman–Crippen LogP) is 4.03. The zero-order chi connectivity index (χ0) is 14.1. The quantitative estimate of drug-likeness (QED) is 0.677. The maximum Gasteiger partial charge on any atom is 0.231 e. The Morgan fingerprint density at radius 2 is 2.30 bits per heavy atom. The molecule has 3 rings (SSSR count). The summed E-state index contributed by atoms with van der Waals surface area (Å²) in [6, 6.07) is 7.48. The topological polar surface area (TPSA) is 48.0 Å². The number of ketones is 1. The minimum atomic E-state index is -0.143. The molecular weight excluding hydrogens is 320 g/mol. The fourth-order valence-corrected chi connectivity index (χ4v) is 2.58. The van der Waals surface area contributed by atoms with Gasteiger partial charge in [0.1, 0.15) is 5.58 Å². The number of rotatable bonds is 4. The van der Waals surface area contributed by atoms with Gasteiger partial charge in [-0.05, 0) is 34.5 Å². The molecule has 5 heteroatoms. The van der Waals surface area contributed by atoms with Crippen LogP contribution < -0.4 is 0 Å². The number of benzene rings is 1. The summed E-state index contributed by atoms with van der Waals surface area (Å²) in [7, 11) is 0. The van der Waals surface area contributed by atoms with Gasteiger partial charge in [-0.3, -0.25) is 9.48 Å². The second-order valence-electron chi connectivity index (χ2n) is 4.59. The van der Waals surface area contributed by atoms with Crippen molar-refractivity contribution in [2.24, 2.45) is 0 Å².